The monoisotopic (exact) mass is 504 g/mol. The number of benzene rings is 1. The van der Waals surface area contributed by atoms with Gasteiger partial charge in [0.05, 0.1) is 16.9 Å². The average molecular weight is 505 g/mol. The minimum absolute atomic E-state index is 0.236. The first kappa shape index (κ1) is 24.2. The molecule has 1 N–H and O–H groups in total. The first-order chi connectivity index (χ1) is 18.6. The zero-order chi connectivity index (χ0) is 26.1. The third-order valence-corrected chi connectivity index (χ3v) is 7.92. The first-order valence-corrected chi connectivity index (χ1v) is 13.3. The van der Waals surface area contributed by atoms with Crippen molar-refractivity contribution in [1.82, 2.24) is 24.8 Å². The molecule has 6 rings (SSSR count). The lowest BCUT2D eigenvalue weighted by atomic mass is 10.1. The Bertz CT molecular complexity index is 1470. The molecule has 2 saturated heterocycles. The summed E-state index contributed by atoms with van der Waals surface area (Å²) in [5.74, 6) is 2.85. The number of terminal acetylenes is 1. The minimum atomic E-state index is 0.236. The maximum Gasteiger partial charge on any atom is 0.223 e. The van der Waals surface area contributed by atoms with Crippen LogP contribution in [0.1, 0.15) is 36.1 Å². The lowest BCUT2D eigenvalue weighted by molar-refractivity contribution is -0.132. The van der Waals surface area contributed by atoms with Crippen LogP contribution >= 0.6 is 0 Å². The van der Waals surface area contributed by atoms with Crippen LogP contribution in [-0.2, 0) is 11.3 Å². The molecule has 0 saturated carbocycles. The molecule has 4 aromatic rings. The van der Waals surface area contributed by atoms with Crippen LogP contribution in [0, 0.1) is 19.3 Å². The first-order valence-electron chi connectivity index (χ1n) is 13.3. The van der Waals surface area contributed by atoms with Crippen molar-refractivity contribution in [2.75, 3.05) is 24.5 Å². The summed E-state index contributed by atoms with van der Waals surface area (Å²) in [5.41, 5.74) is 7.41. The van der Waals surface area contributed by atoms with Gasteiger partial charge in [-0.05, 0) is 61.7 Å². The number of hydrogen-bond donors (Lipinski definition) is 1. The van der Waals surface area contributed by atoms with Gasteiger partial charge in [0.15, 0.2) is 0 Å². The molecule has 2 atom stereocenters. The van der Waals surface area contributed by atoms with Crippen molar-refractivity contribution < 1.29 is 4.79 Å². The van der Waals surface area contributed by atoms with Crippen LogP contribution in [-0.4, -0.2) is 57.1 Å². The summed E-state index contributed by atoms with van der Waals surface area (Å²) in [7, 11) is 0. The average Bonchev–Trinajstić information content (AvgIpc) is 3.53. The summed E-state index contributed by atoms with van der Waals surface area (Å²) in [6.45, 7) is 5.02. The van der Waals surface area contributed by atoms with Gasteiger partial charge in [0.2, 0.25) is 5.91 Å². The van der Waals surface area contributed by atoms with Crippen molar-refractivity contribution >= 4 is 17.1 Å². The summed E-state index contributed by atoms with van der Waals surface area (Å²) in [6.07, 6.45) is 11.7. The van der Waals surface area contributed by atoms with Crippen LogP contribution in [0.15, 0.2) is 67.0 Å². The van der Waals surface area contributed by atoms with Crippen molar-refractivity contribution in [2.24, 2.45) is 0 Å². The molecule has 1 aromatic carbocycles. The molecule has 7 heteroatoms. The zero-order valence-corrected chi connectivity index (χ0v) is 21.7. The van der Waals surface area contributed by atoms with Crippen LogP contribution in [0.3, 0.4) is 0 Å². The number of aryl methyl sites for hydroxylation is 1. The second kappa shape index (κ2) is 10.3. The van der Waals surface area contributed by atoms with E-state index in [2.05, 4.69) is 74.4 Å². The van der Waals surface area contributed by atoms with Crippen molar-refractivity contribution in [3.8, 4) is 23.6 Å². The van der Waals surface area contributed by atoms with Crippen LogP contribution in [0.5, 0.6) is 0 Å². The number of pyridine rings is 2. The Morgan fingerprint density at radius 1 is 1.05 bits per heavy atom. The number of nitrogens with one attached hydrogen (secondary N) is 1. The van der Waals surface area contributed by atoms with Gasteiger partial charge in [0, 0.05) is 73.9 Å². The number of carbonyl (C=O) groups is 1. The van der Waals surface area contributed by atoms with Gasteiger partial charge < -0.3 is 15.1 Å². The number of amides is 1. The van der Waals surface area contributed by atoms with E-state index in [1.807, 2.05) is 28.9 Å². The van der Waals surface area contributed by atoms with E-state index in [0.29, 0.717) is 31.6 Å². The minimum Gasteiger partial charge on any atom is -0.362 e. The maximum absolute atomic E-state index is 13.1. The van der Waals surface area contributed by atoms with Gasteiger partial charge in [-0.25, -0.2) is 4.52 Å². The summed E-state index contributed by atoms with van der Waals surface area (Å²) in [5, 5.41) is 7.89. The highest BCUT2D eigenvalue weighted by Crippen LogP contribution is 2.36. The van der Waals surface area contributed by atoms with Gasteiger partial charge in [-0.1, -0.05) is 24.1 Å². The maximum atomic E-state index is 13.1. The van der Waals surface area contributed by atoms with Gasteiger partial charge in [-0.3, -0.25) is 9.78 Å². The van der Waals surface area contributed by atoms with E-state index in [0.717, 1.165) is 54.0 Å². The Hall–Kier alpha value is -4.15. The summed E-state index contributed by atoms with van der Waals surface area (Å²) < 4.78 is 1.97. The van der Waals surface area contributed by atoms with Crippen LogP contribution in [0.4, 0.5) is 5.69 Å². The lowest BCUT2D eigenvalue weighted by Crippen LogP contribution is -2.55. The Balaban J connectivity index is 1.03. The third-order valence-electron chi connectivity index (χ3n) is 7.92. The fourth-order valence-corrected chi connectivity index (χ4v) is 5.90. The van der Waals surface area contributed by atoms with E-state index in [1.54, 1.807) is 6.20 Å². The molecule has 0 aliphatic carbocycles. The number of carbonyl (C=O) groups excluding carboxylic acids is 1. The molecule has 2 bridgehead atoms. The van der Waals surface area contributed by atoms with E-state index < -0.39 is 0 Å². The molecule has 5 heterocycles. The number of anilines is 1. The number of fused-ring (bicyclic) bond motifs is 3. The van der Waals surface area contributed by atoms with E-state index in [-0.39, 0.29) is 5.91 Å². The van der Waals surface area contributed by atoms with Crippen molar-refractivity contribution in [2.45, 2.75) is 44.8 Å². The van der Waals surface area contributed by atoms with Gasteiger partial charge >= 0.3 is 0 Å². The second-order valence-electron chi connectivity index (χ2n) is 10.3. The highest BCUT2D eigenvalue weighted by Gasteiger charge is 2.41. The fraction of sp³-hybridized carbons (Fsp3) is 0.323. The van der Waals surface area contributed by atoms with E-state index in [9.17, 15) is 4.79 Å². The van der Waals surface area contributed by atoms with Crippen LogP contribution in [0.25, 0.3) is 16.8 Å². The number of rotatable bonds is 7. The molecule has 2 aliphatic rings. The Kier molecular flexibility index (Phi) is 6.57. The second-order valence-corrected chi connectivity index (χ2v) is 10.3. The fourth-order valence-electron chi connectivity index (χ4n) is 5.90. The van der Waals surface area contributed by atoms with E-state index in [1.165, 1.54) is 11.3 Å². The number of hydrogen-bond acceptors (Lipinski definition) is 5. The molecule has 0 radical (unpaired) electrons. The number of aromatic nitrogens is 3. The van der Waals surface area contributed by atoms with Gasteiger partial charge in [0.1, 0.15) is 0 Å². The van der Waals surface area contributed by atoms with Crippen LogP contribution < -0.4 is 10.2 Å². The zero-order valence-electron chi connectivity index (χ0n) is 21.7. The molecule has 2 unspecified atom stereocenters. The normalized spacial score (nSPS) is 18.6. The highest BCUT2D eigenvalue weighted by atomic mass is 16.2. The molecular weight excluding hydrogens is 472 g/mol. The summed E-state index contributed by atoms with van der Waals surface area (Å²) in [6, 6.07) is 19.4. The predicted molar refractivity (Wildman–Crippen MR) is 150 cm³/mol. The highest BCUT2D eigenvalue weighted by molar-refractivity contribution is 5.77. The third kappa shape index (κ3) is 4.64. The molecule has 38 heavy (non-hydrogen) atoms. The van der Waals surface area contributed by atoms with Crippen molar-refractivity contribution in [3.05, 3.63) is 83.8 Å². The topological polar surface area (TPSA) is 65.8 Å². The van der Waals surface area contributed by atoms with Crippen molar-refractivity contribution in [1.29, 1.82) is 0 Å². The quantitative estimate of drug-likeness (QED) is 0.304. The summed E-state index contributed by atoms with van der Waals surface area (Å²) >= 11 is 0. The van der Waals surface area contributed by atoms with Gasteiger partial charge in [-0.2, -0.15) is 5.10 Å². The molecule has 2 fully saturated rings. The Morgan fingerprint density at radius 3 is 2.55 bits per heavy atom. The van der Waals surface area contributed by atoms with Crippen molar-refractivity contribution in [3.63, 3.8) is 0 Å². The van der Waals surface area contributed by atoms with E-state index >= 15 is 0 Å². The van der Waals surface area contributed by atoms with Gasteiger partial charge in [0.25, 0.3) is 0 Å². The Morgan fingerprint density at radius 2 is 1.84 bits per heavy atom. The molecular formula is C31H32N6O. The molecule has 192 valence electrons. The van der Waals surface area contributed by atoms with Crippen LogP contribution in [0.2, 0.25) is 0 Å². The largest absolute Gasteiger partial charge is 0.362 e. The number of nitrogens with zero attached hydrogens (tertiary/aromatic N) is 5. The summed E-state index contributed by atoms with van der Waals surface area (Å²) in [4.78, 5) is 22.2. The standard InChI is InChI=1S/C31H32N6O/c1-3-23-5-13-29(33-18-23)24-6-9-25(10-7-24)36-27-11-12-28(36)21-35(20-27)31(38)15-16-32-19-30-22(2)4-8-26-14-17-34-37(26)30/h1,4-10,13-14,17-18,27-28,32H,11-12,15-16,19-21H2,2H3. The SMILES string of the molecule is C#Cc1ccc(-c2ccc(N3C4CCC3CN(C(=O)CCNCc3c(C)ccc5ccnn35)C4)cc2)nc1. The molecule has 1 amide bonds. The molecule has 0 spiro atoms. The lowest BCUT2D eigenvalue weighted by Gasteiger charge is -2.42. The number of piperazine rings is 1. The predicted octanol–water partition coefficient (Wildman–Crippen LogP) is 4.05. The Labute approximate surface area is 223 Å². The molecule has 3 aromatic heterocycles. The smallest absolute Gasteiger partial charge is 0.223 e. The number of likely N-dealkylation sites (tertiary alicyclic amines) is 1. The molecule has 7 nitrogen and oxygen atoms in total. The molecule has 2 aliphatic heterocycles. The van der Waals surface area contributed by atoms with E-state index in [4.69, 9.17) is 6.42 Å². The van der Waals surface area contributed by atoms with Gasteiger partial charge in [-0.15, -0.1) is 6.42 Å².